The van der Waals surface area contributed by atoms with E-state index in [2.05, 4.69) is 4.99 Å². The zero-order valence-corrected chi connectivity index (χ0v) is 14.9. The van der Waals surface area contributed by atoms with Gasteiger partial charge in [-0.3, -0.25) is 4.79 Å². The SMILES string of the molecule is COc1ccc(CC(=O)N=C2C(c3ccccc3)=Nc3ccccc32)cc1. The molecule has 0 fully saturated rings. The molecular weight excluding hydrogens is 336 g/mol. The van der Waals surface area contributed by atoms with Crippen LogP contribution in [0.3, 0.4) is 0 Å². The van der Waals surface area contributed by atoms with Crippen LogP contribution >= 0.6 is 0 Å². The molecule has 1 aliphatic heterocycles. The minimum absolute atomic E-state index is 0.199. The Balaban J connectivity index is 1.66. The molecule has 0 spiro atoms. The first kappa shape index (κ1) is 16.9. The summed E-state index contributed by atoms with van der Waals surface area (Å²) in [4.78, 5) is 21.8. The van der Waals surface area contributed by atoms with Crippen LogP contribution < -0.4 is 4.74 Å². The first-order chi connectivity index (χ1) is 13.2. The van der Waals surface area contributed by atoms with E-state index in [1.807, 2.05) is 78.9 Å². The van der Waals surface area contributed by atoms with Crippen LogP contribution in [0.4, 0.5) is 5.69 Å². The van der Waals surface area contributed by atoms with Gasteiger partial charge < -0.3 is 4.74 Å². The van der Waals surface area contributed by atoms with Gasteiger partial charge in [0, 0.05) is 11.1 Å². The molecule has 0 bridgehead atoms. The maximum absolute atomic E-state index is 12.6. The van der Waals surface area contributed by atoms with E-state index in [0.29, 0.717) is 5.71 Å². The van der Waals surface area contributed by atoms with Gasteiger partial charge in [0.2, 0.25) is 0 Å². The van der Waals surface area contributed by atoms with Crippen molar-refractivity contribution >= 4 is 23.0 Å². The second-order valence-electron chi connectivity index (χ2n) is 6.22. The zero-order chi connectivity index (χ0) is 18.6. The summed E-state index contributed by atoms with van der Waals surface area (Å²) < 4.78 is 5.16. The van der Waals surface area contributed by atoms with E-state index in [1.165, 1.54) is 0 Å². The van der Waals surface area contributed by atoms with Crippen molar-refractivity contribution < 1.29 is 9.53 Å². The van der Waals surface area contributed by atoms with Crippen LogP contribution in [0.2, 0.25) is 0 Å². The molecule has 3 aromatic carbocycles. The smallest absolute Gasteiger partial charge is 0.250 e. The summed E-state index contributed by atoms with van der Waals surface area (Å²) in [6.07, 6.45) is 0.234. The van der Waals surface area contributed by atoms with Gasteiger partial charge in [-0.25, -0.2) is 9.98 Å². The van der Waals surface area contributed by atoms with Gasteiger partial charge in [0.1, 0.15) is 11.5 Å². The average Bonchev–Trinajstić information content (AvgIpc) is 3.08. The average molecular weight is 354 g/mol. The van der Waals surface area contributed by atoms with E-state index in [4.69, 9.17) is 9.73 Å². The molecule has 3 aromatic rings. The predicted octanol–water partition coefficient (Wildman–Crippen LogP) is 4.39. The highest BCUT2D eigenvalue weighted by molar-refractivity contribution is 6.57. The van der Waals surface area contributed by atoms with Gasteiger partial charge >= 0.3 is 0 Å². The summed E-state index contributed by atoms with van der Waals surface area (Å²) in [5, 5.41) is 0. The second-order valence-corrected chi connectivity index (χ2v) is 6.22. The molecule has 132 valence electrons. The van der Waals surface area contributed by atoms with Gasteiger partial charge in [-0.05, 0) is 23.8 Å². The molecule has 4 heteroatoms. The summed E-state index contributed by atoms with van der Waals surface area (Å²) in [7, 11) is 1.62. The molecule has 0 atom stereocenters. The van der Waals surface area contributed by atoms with Crippen molar-refractivity contribution in [3.63, 3.8) is 0 Å². The number of fused-ring (bicyclic) bond motifs is 1. The van der Waals surface area contributed by atoms with E-state index in [-0.39, 0.29) is 12.3 Å². The third-order valence-electron chi connectivity index (χ3n) is 4.41. The Labute approximate surface area is 157 Å². The van der Waals surface area contributed by atoms with E-state index < -0.39 is 0 Å². The molecule has 0 aromatic heterocycles. The van der Waals surface area contributed by atoms with Crippen LogP contribution in [0.15, 0.2) is 88.8 Å². The van der Waals surface area contributed by atoms with Gasteiger partial charge in [0.05, 0.1) is 24.9 Å². The lowest BCUT2D eigenvalue weighted by molar-refractivity contribution is -0.117. The van der Waals surface area contributed by atoms with Crippen LogP contribution in [0.5, 0.6) is 5.75 Å². The standard InChI is InChI=1S/C23H18N2O2/c1-27-18-13-11-16(12-14-18)15-21(26)25-23-19-9-5-6-10-20(19)24-22(23)17-7-3-2-4-8-17/h2-14H,15H2,1H3. The summed E-state index contributed by atoms with van der Waals surface area (Å²) in [5.74, 6) is 0.566. The largest absolute Gasteiger partial charge is 0.497 e. The first-order valence-electron chi connectivity index (χ1n) is 8.73. The number of nitrogens with zero attached hydrogens (tertiary/aromatic N) is 2. The summed E-state index contributed by atoms with van der Waals surface area (Å²) in [6.45, 7) is 0. The Morgan fingerprint density at radius 1 is 0.926 bits per heavy atom. The molecule has 4 rings (SSSR count). The Morgan fingerprint density at radius 2 is 1.63 bits per heavy atom. The molecule has 1 heterocycles. The predicted molar refractivity (Wildman–Crippen MR) is 107 cm³/mol. The monoisotopic (exact) mass is 354 g/mol. The topological polar surface area (TPSA) is 51.0 Å². The van der Waals surface area contributed by atoms with Gasteiger partial charge in [0.25, 0.3) is 5.91 Å². The lowest BCUT2D eigenvalue weighted by Gasteiger charge is -2.05. The van der Waals surface area contributed by atoms with Crippen LogP contribution in [0, 0.1) is 0 Å². The third-order valence-corrected chi connectivity index (χ3v) is 4.41. The van der Waals surface area contributed by atoms with Crippen molar-refractivity contribution in [3.8, 4) is 5.75 Å². The molecule has 0 saturated heterocycles. The fraction of sp³-hybridized carbons (Fsp3) is 0.0870. The van der Waals surface area contributed by atoms with E-state index in [1.54, 1.807) is 7.11 Å². The Bertz CT molecular complexity index is 1040. The Hall–Kier alpha value is -3.53. The molecule has 0 unspecified atom stereocenters. The number of amides is 1. The van der Waals surface area contributed by atoms with Crippen molar-refractivity contribution in [1.29, 1.82) is 0 Å². The number of para-hydroxylation sites is 1. The number of benzene rings is 3. The molecule has 0 radical (unpaired) electrons. The van der Waals surface area contributed by atoms with Crippen molar-refractivity contribution in [2.24, 2.45) is 9.98 Å². The zero-order valence-electron chi connectivity index (χ0n) is 14.9. The lowest BCUT2D eigenvalue weighted by atomic mass is 10.0. The summed E-state index contributed by atoms with van der Waals surface area (Å²) in [6, 6.07) is 25.0. The van der Waals surface area contributed by atoms with Gasteiger partial charge in [-0.2, -0.15) is 0 Å². The minimum Gasteiger partial charge on any atom is -0.497 e. The van der Waals surface area contributed by atoms with Gasteiger partial charge in [0.15, 0.2) is 0 Å². The number of methoxy groups -OCH3 is 1. The summed E-state index contributed by atoms with van der Waals surface area (Å²) in [5.41, 5.74) is 4.95. The number of hydrogen-bond donors (Lipinski definition) is 0. The van der Waals surface area contributed by atoms with Crippen LogP contribution in [0.1, 0.15) is 16.7 Å². The Morgan fingerprint density at radius 3 is 2.37 bits per heavy atom. The maximum atomic E-state index is 12.6. The van der Waals surface area contributed by atoms with Gasteiger partial charge in [-0.15, -0.1) is 0 Å². The highest BCUT2D eigenvalue weighted by Crippen LogP contribution is 2.29. The second kappa shape index (κ2) is 7.38. The molecular formula is C23H18N2O2. The molecule has 4 nitrogen and oxygen atoms in total. The quantitative estimate of drug-likeness (QED) is 0.698. The number of ether oxygens (including phenoxy) is 1. The minimum atomic E-state index is -0.199. The fourth-order valence-corrected chi connectivity index (χ4v) is 3.07. The maximum Gasteiger partial charge on any atom is 0.250 e. The van der Waals surface area contributed by atoms with Gasteiger partial charge in [-0.1, -0.05) is 60.7 Å². The number of hydrogen-bond acceptors (Lipinski definition) is 3. The first-order valence-corrected chi connectivity index (χ1v) is 8.73. The van der Waals surface area contributed by atoms with Crippen molar-refractivity contribution in [1.82, 2.24) is 0 Å². The molecule has 0 N–H and O–H groups in total. The number of carbonyl (C=O) groups excluding carboxylic acids is 1. The normalized spacial score (nSPS) is 14.0. The highest BCUT2D eigenvalue weighted by atomic mass is 16.5. The van der Waals surface area contributed by atoms with E-state index in [9.17, 15) is 4.79 Å². The van der Waals surface area contributed by atoms with Crippen LogP contribution in [-0.2, 0) is 11.2 Å². The number of carbonyl (C=O) groups is 1. The lowest BCUT2D eigenvalue weighted by Crippen LogP contribution is -2.15. The number of rotatable bonds is 4. The molecule has 0 aliphatic carbocycles. The van der Waals surface area contributed by atoms with E-state index in [0.717, 1.165) is 33.8 Å². The van der Waals surface area contributed by atoms with E-state index >= 15 is 0 Å². The molecule has 1 aliphatic rings. The summed E-state index contributed by atoms with van der Waals surface area (Å²) >= 11 is 0. The van der Waals surface area contributed by atoms with Crippen molar-refractivity contribution in [2.75, 3.05) is 7.11 Å². The molecule has 0 saturated carbocycles. The van der Waals surface area contributed by atoms with Crippen LogP contribution in [0.25, 0.3) is 0 Å². The fourth-order valence-electron chi connectivity index (χ4n) is 3.07. The van der Waals surface area contributed by atoms with Crippen LogP contribution in [-0.4, -0.2) is 24.4 Å². The van der Waals surface area contributed by atoms with Crippen molar-refractivity contribution in [2.45, 2.75) is 6.42 Å². The molecule has 1 amide bonds. The van der Waals surface area contributed by atoms with Crippen molar-refractivity contribution in [3.05, 3.63) is 95.6 Å². The Kier molecular flexibility index (Phi) is 4.62. The third kappa shape index (κ3) is 3.55. The molecule has 27 heavy (non-hydrogen) atoms. The number of aliphatic imine (C=N–C) groups is 2. The highest BCUT2D eigenvalue weighted by Gasteiger charge is 2.24.